The summed E-state index contributed by atoms with van der Waals surface area (Å²) in [5.41, 5.74) is 1.36. The third-order valence-corrected chi connectivity index (χ3v) is 3.99. The van der Waals surface area contributed by atoms with Crippen LogP contribution >= 0.6 is 15.9 Å². The molecule has 2 N–H and O–H groups in total. The van der Waals surface area contributed by atoms with Crippen LogP contribution in [0.1, 0.15) is 6.42 Å². The number of aliphatic carboxylic acids is 1. The highest BCUT2D eigenvalue weighted by molar-refractivity contribution is 9.10. The number of hydrogen-bond donors (Lipinski definition) is 2. The Balaban J connectivity index is 0.000000199. The first-order chi connectivity index (χ1) is 9.77. The van der Waals surface area contributed by atoms with Crippen molar-refractivity contribution in [3.63, 3.8) is 0 Å². The molecule has 116 valence electrons. The number of nitrogens with one attached hydrogen (secondary N) is 1. The van der Waals surface area contributed by atoms with Crippen molar-refractivity contribution in [3.05, 3.63) is 28.7 Å². The summed E-state index contributed by atoms with van der Waals surface area (Å²) in [7, 11) is 0. The van der Waals surface area contributed by atoms with E-state index in [1.54, 1.807) is 0 Å². The van der Waals surface area contributed by atoms with E-state index in [1.165, 1.54) is 18.7 Å². The number of halogens is 4. The molecule has 2 saturated heterocycles. The fraction of sp³-hybridized carbons (Fsp3) is 0.462. The third-order valence-electron chi connectivity index (χ3n) is 3.46. The number of benzene rings is 1. The van der Waals surface area contributed by atoms with Gasteiger partial charge in [0.05, 0.1) is 0 Å². The fourth-order valence-electron chi connectivity index (χ4n) is 2.51. The number of alkyl halides is 3. The first-order valence-corrected chi connectivity index (χ1v) is 7.12. The fourth-order valence-corrected chi connectivity index (χ4v) is 2.77. The number of anilines is 1. The topological polar surface area (TPSA) is 52.6 Å². The van der Waals surface area contributed by atoms with E-state index in [2.05, 4.69) is 50.4 Å². The van der Waals surface area contributed by atoms with Gasteiger partial charge in [-0.3, -0.25) is 0 Å². The molecule has 8 heteroatoms. The monoisotopic (exact) mass is 366 g/mol. The van der Waals surface area contributed by atoms with Gasteiger partial charge in [0.25, 0.3) is 0 Å². The van der Waals surface area contributed by atoms with E-state index >= 15 is 0 Å². The van der Waals surface area contributed by atoms with Crippen LogP contribution in [0.2, 0.25) is 0 Å². The molecule has 4 nitrogen and oxygen atoms in total. The molecule has 2 aliphatic heterocycles. The molecule has 0 aliphatic carbocycles. The number of hydrogen-bond acceptors (Lipinski definition) is 3. The van der Waals surface area contributed by atoms with Crippen molar-refractivity contribution in [2.24, 2.45) is 0 Å². The lowest BCUT2D eigenvalue weighted by Crippen LogP contribution is -2.43. The number of carbonyl (C=O) groups is 1. The summed E-state index contributed by atoms with van der Waals surface area (Å²) < 4.78 is 32.9. The summed E-state index contributed by atoms with van der Waals surface area (Å²) in [6.45, 7) is 2.33. The van der Waals surface area contributed by atoms with Crippen LogP contribution in [-0.2, 0) is 4.79 Å². The number of fused-ring (bicyclic) bond motifs is 2. The lowest BCUT2D eigenvalue weighted by atomic mass is 10.2. The van der Waals surface area contributed by atoms with E-state index in [4.69, 9.17) is 9.90 Å². The molecular formula is C13H14BrF3N2O2. The van der Waals surface area contributed by atoms with Crippen LogP contribution in [0.3, 0.4) is 0 Å². The van der Waals surface area contributed by atoms with Crippen molar-refractivity contribution in [3.8, 4) is 0 Å². The first-order valence-electron chi connectivity index (χ1n) is 6.33. The molecule has 1 aromatic rings. The highest BCUT2D eigenvalue weighted by Gasteiger charge is 2.38. The van der Waals surface area contributed by atoms with Crippen molar-refractivity contribution in [1.29, 1.82) is 0 Å². The summed E-state index contributed by atoms with van der Waals surface area (Å²) >= 11 is 3.46. The number of piperazine rings is 1. The van der Waals surface area contributed by atoms with E-state index < -0.39 is 12.1 Å². The molecule has 2 atom stereocenters. The Kier molecular flexibility index (Phi) is 4.77. The van der Waals surface area contributed by atoms with E-state index in [0.29, 0.717) is 0 Å². The predicted molar refractivity (Wildman–Crippen MR) is 75.4 cm³/mol. The summed E-state index contributed by atoms with van der Waals surface area (Å²) in [6, 6.07) is 10.1. The standard InChI is InChI=1S/C11H13BrN2.C2HF3O2/c12-8-1-3-10(4-2-8)14-7-9-5-11(14)6-13-9;3-2(4,5)1(6)7/h1-4,9,11,13H,5-7H2;(H,6,7)/t9-,11-;/m0./s1. The highest BCUT2D eigenvalue weighted by Crippen LogP contribution is 2.29. The van der Waals surface area contributed by atoms with Gasteiger partial charge in [0, 0.05) is 35.3 Å². The Bertz CT molecular complexity index is 507. The molecule has 0 unspecified atom stereocenters. The van der Waals surface area contributed by atoms with E-state index in [9.17, 15) is 13.2 Å². The Morgan fingerprint density at radius 1 is 1.33 bits per heavy atom. The maximum absolute atomic E-state index is 10.6. The number of rotatable bonds is 1. The molecule has 0 saturated carbocycles. The van der Waals surface area contributed by atoms with E-state index in [0.717, 1.165) is 23.1 Å². The zero-order valence-corrected chi connectivity index (χ0v) is 12.5. The first kappa shape index (κ1) is 16.1. The van der Waals surface area contributed by atoms with E-state index in [1.807, 2.05) is 0 Å². The van der Waals surface area contributed by atoms with Gasteiger partial charge in [-0.05, 0) is 30.7 Å². The highest BCUT2D eigenvalue weighted by atomic mass is 79.9. The van der Waals surface area contributed by atoms with Crippen LogP contribution < -0.4 is 10.2 Å². The van der Waals surface area contributed by atoms with Crippen LogP contribution in [0.4, 0.5) is 18.9 Å². The van der Waals surface area contributed by atoms with Crippen molar-refractivity contribution in [2.75, 3.05) is 18.0 Å². The summed E-state index contributed by atoms with van der Waals surface area (Å²) in [5, 5.41) is 10.6. The summed E-state index contributed by atoms with van der Waals surface area (Å²) in [5.74, 6) is -2.76. The molecule has 3 rings (SSSR count). The Labute approximate surface area is 128 Å². The molecule has 2 fully saturated rings. The quantitative estimate of drug-likeness (QED) is 0.802. The van der Waals surface area contributed by atoms with Gasteiger partial charge in [0.2, 0.25) is 0 Å². The van der Waals surface area contributed by atoms with Crippen LogP contribution in [0.25, 0.3) is 0 Å². The number of carboxylic acid groups (broad SMARTS) is 1. The smallest absolute Gasteiger partial charge is 0.475 e. The normalized spacial score (nSPS) is 23.7. The van der Waals surface area contributed by atoms with Crippen molar-refractivity contribution >= 4 is 27.6 Å². The lowest BCUT2D eigenvalue weighted by Gasteiger charge is -2.29. The Morgan fingerprint density at radius 2 is 1.90 bits per heavy atom. The molecule has 2 aliphatic rings. The summed E-state index contributed by atoms with van der Waals surface area (Å²) in [6.07, 6.45) is -3.77. The van der Waals surface area contributed by atoms with Gasteiger partial charge < -0.3 is 15.3 Å². The molecule has 2 heterocycles. The average Bonchev–Trinajstić information content (AvgIpc) is 3.01. The Morgan fingerprint density at radius 3 is 2.29 bits per heavy atom. The SMILES string of the molecule is Brc1ccc(N2C[C@@H]3C[C@H]2CN3)cc1.O=C(O)C(F)(F)F. The second-order valence-corrected chi connectivity index (χ2v) is 5.84. The second-order valence-electron chi connectivity index (χ2n) is 4.93. The molecular weight excluding hydrogens is 353 g/mol. The number of nitrogens with zero attached hydrogens (tertiary/aromatic N) is 1. The molecule has 0 radical (unpaired) electrons. The molecule has 0 amide bonds. The van der Waals surface area contributed by atoms with Gasteiger partial charge in [-0.15, -0.1) is 0 Å². The van der Waals surface area contributed by atoms with Gasteiger partial charge in [-0.25, -0.2) is 4.79 Å². The van der Waals surface area contributed by atoms with Crippen LogP contribution in [0, 0.1) is 0 Å². The van der Waals surface area contributed by atoms with Crippen LogP contribution in [-0.4, -0.2) is 42.4 Å². The van der Waals surface area contributed by atoms with Gasteiger partial charge in [0.1, 0.15) is 0 Å². The van der Waals surface area contributed by atoms with Crippen LogP contribution in [0.15, 0.2) is 28.7 Å². The summed E-state index contributed by atoms with van der Waals surface area (Å²) in [4.78, 5) is 11.4. The zero-order chi connectivity index (χ0) is 15.6. The minimum Gasteiger partial charge on any atom is -0.475 e. The van der Waals surface area contributed by atoms with Crippen molar-refractivity contribution in [1.82, 2.24) is 5.32 Å². The average molecular weight is 367 g/mol. The minimum absolute atomic E-state index is 0.723. The zero-order valence-electron chi connectivity index (χ0n) is 10.9. The Hall–Kier alpha value is -1.28. The molecule has 1 aromatic carbocycles. The second kappa shape index (κ2) is 6.23. The van der Waals surface area contributed by atoms with Crippen LogP contribution in [0.5, 0.6) is 0 Å². The molecule has 0 aromatic heterocycles. The largest absolute Gasteiger partial charge is 0.490 e. The predicted octanol–water partition coefficient (Wildman–Crippen LogP) is 2.63. The van der Waals surface area contributed by atoms with Gasteiger partial charge in [-0.2, -0.15) is 13.2 Å². The third kappa shape index (κ3) is 4.10. The maximum Gasteiger partial charge on any atom is 0.490 e. The minimum atomic E-state index is -5.08. The van der Waals surface area contributed by atoms with Crippen molar-refractivity contribution in [2.45, 2.75) is 24.7 Å². The van der Waals surface area contributed by atoms with Crippen molar-refractivity contribution < 1.29 is 23.1 Å². The van der Waals surface area contributed by atoms with Gasteiger partial charge in [0.15, 0.2) is 0 Å². The molecule has 21 heavy (non-hydrogen) atoms. The number of carboxylic acids is 1. The molecule has 0 spiro atoms. The van der Waals surface area contributed by atoms with Gasteiger partial charge >= 0.3 is 12.1 Å². The molecule has 2 bridgehead atoms. The maximum atomic E-state index is 10.6. The van der Waals surface area contributed by atoms with Gasteiger partial charge in [-0.1, -0.05) is 15.9 Å². The van der Waals surface area contributed by atoms with E-state index in [-0.39, 0.29) is 0 Å². The lowest BCUT2D eigenvalue weighted by molar-refractivity contribution is -0.192.